The van der Waals surface area contributed by atoms with Crippen LogP contribution in [-0.4, -0.2) is 204 Å². The van der Waals surface area contributed by atoms with E-state index in [0.717, 1.165) is 6.92 Å². The number of aliphatic carboxylic acids is 5. The summed E-state index contributed by atoms with van der Waals surface area (Å²) in [5.41, 5.74) is 14.3. The number of carbonyl (C=O) groups is 13. The van der Waals surface area contributed by atoms with Crippen LogP contribution in [0.5, 0.6) is 0 Å². The van der Waals surface area contributed by atoms with Crippen molar-refractivity contribution in [3.63, 3.8) is 0 Å². The second kappa shape index (κ2) is 34.1. The molecule has 0 radical (unpaired) electrons. The topological polar surface area (TPSA) is 553 Å². The Kier molecular flexibility index (Phi) is 30.7. The molecule has 0 aromatic heterocycles. The maximum Gasteiger partial charge on any atom is 0.338 e. The molecule has 74 heavy (non-hydrogen) atoms. The number of thioether (sulfide) groups is 1. The number of hydrogen-bond acceptors (Lipinski definition) is 16. The van der Waals surface area contributed by atoms with Crippen molar-refractivity contribution in [2.24, 2.45) is 17.4 Å². The highest BCUT2D eigenvalue weighted by atomic mass is 32.2. The standard InChI is InChI=1S/C41H68N12O20S/c1-17(2)30(38(70)50-24(40(72)73)15-29(62)63)52-36(68)22(8-10-27(58)59)48-34(66)21(7-9-26(56)57)47-35(67)23(11-13-74-4)49-33(65)20(6-5-12-45-41(43)44)46-37(69)25(16-54)51-39(71)31(18(3)55)53-32(64)19(42)14-28(60)61/h17-25,30-31,54-55H,5-16,42H2,1-4H3,(H,46,69)(H,47,67)(H,48,66)(H,49,65)(H,50,70)(H,51,71)(H,52,68)(H,53,64)(H,56,57)(H,58,59)(H,60,61)(H,62,63)(H,72,73)(H4,43,44,45)/p+2/t18-,19+,20+,21+,22+,23+,24+,25+,30+,31+/m1/s1. The van der Waals surface area contributed by atoms with E-state index < -0.39 is 189 Å². The van der Waals surface area contributed by atoms with Crippen molar-refractivity contribution in [1.29, 1.82) is 0 Å². The summed E-state index contributed by atoms with van der Waals surface area (Å²) in [5.74, 6) is -17.7. The van der Waals surface area contributed by atoms with Gasteiger partial charge in [-0.1, -0.05) is 13.8 Å². The van der Waals surface area contributed by atoms with Gasteiger partial charge in [0.1, 0.15) is 54.8 Å². The molecule has 0 spiro atoms. The molecule has 0 aliphatic heterocycles. The minimum absolute atomic E-state index is 0.0264. The number of rotatable bonds is 37. The fourth-order valence-electron chi connectivity index (χ4n) is 6.34. The Hall–Kier alpha value is -7.39. The number of aliphatic hydroxyl groups is 2. The highest BCUT2D eigenvalue weighted by molar-refractivity contribution is 7.98. The van der Waals surface area contributed by atoms with Crippen LogP contribution in [0.2, 0.25) is 0 Å². The van der Waals surface area contributed by atoms with E-state index in [9.17, 15) is 87.9 Å². The number of guanidine groups is 1. The summed E-state index contributed by atoms with van der Waals surface area (Å²) in [5, 5.41) is 84.5. The zero-order valence-electron chi connectivity index (χ0n) is 41.0. The van der Waals surface area contributed by atoms with Gasteiger partial charge in [0.25, 0.3) is 5.91 Å². The van der Waals surface area contributed by atoms with Gasteiger partial charge in [-0.3, -0.25) is 74.0 Å². The van der Waals surface area contributed by atoms with Gasteiger partial charge >= 0.3 is 35.8 Å². The lowest BCUT2D eigenvalue weighted by Crippen LogP contribution is -2.78. The maximum absolute atomic E-state index is 14.0. The highest BCUT2D eigenvalue weighted by Gasteiger charge is 2.37. The van der Waals surface area contributed by atoms with Gasteiger partial charge in [-0.2, -0.15) is 11.8 Å². The minimum atomic E-state index is -1.93. The second-order valence-electron chi connectivity index (χ2n) is 16.9. The molecule has 0 unspecified atom stereocenters. The predicted octanol–water partition coefficient (Wildman–Crippen LogP) is -9.84. The highest BCUT2D eigenvalue weighted by Crippen LogP contribution is 2.10. The molecule has 8 amide bonds. The fourth-order valence-corrected chi connectivity index (χ4v) is 6.81. The van der Waals surface area contributed by atoms with E-state index in [1.54, 1.807) is 6.26 Å². The summed E-state index contributed by atoms with van der Waals surface area (Å²) >= 11 is 1.20. The van der Waals surface area contributed by atoms with E-state index in [1.165, 1.54) is 25.6 Å². The lowest BCUT2D eigenvalue weighted by molar-refractivity contribution is -0.459. The molecule has 418 valence electrons. The Bertz CT molecular complexity index is 2040. The zero-order valence-corrected chi connectivity index (χ0v) is 41.9. The lowest BCUT2D eigenvalue weighted by Gasteiger charge is -2.28. The summed E-state index contributed by atoms with van der Waals surface area (Å²) in [7, 11) is 0. The number of quaternary nitrogens is 1. The average Bonchev–Trinajstić information content (AvgIpc) is 3.29. The first kappa shape index (κ1) is 66.6. The van der Waals surface area contributed by atoms with E-state index in [1.807, 2.05) is 5.32 Å². The Morgan fingerprint density at radius 1 is 0.514 bits per heavy atom. The van der Waals surface area contributed by atoms with Crippen LogP contribution < -0.4 is 64.7 Å². The number of carboxylic acid groups (broad SMARTS) is 5. The largest absolute Gasteiger partial charge is 0.481 e. The molecular formula is C41H70N12O20S+2. The number of nitrogens with two attached hydrogens (primary N) is 2. The summed E-state index contributed by atoms with van der Waals surface area (Å²) in [4.78, 5) is 167. The van der Waals surface area contributed by atoms with Crippen molar-refractivity contribution in [3.05, 3.63) is 0 Å². The molecule has 0 rings (SSSR count). The van der Waals surface area contributed by atoms with Gasteiger partial charge in [0.2, 0.25) is 41.4 Å². The van der Waals surface area contributed by atoms with Crippen molar-refractivity contribution < 1.29 is 109 Å². The molecule has 10 atom stereocenters. The van der Waals surface area contributed by atoms with Crippen LogP contribution in [0.1, 0.15) is 78.6 Å². The molecule has 0 fully saturated rings. The normalized spacial score (nSPS) is 15.0. The van der Waals surface area contributed by atoms with Crippen molar-refractivity contribution in [3.8, 4) is 0 Å². The number of carboxylic acids is 5. The molecule has 0 saturated heterocycles. The molecule has 0 aromatic rings. The van der Waals surface area contributed by atoms with Gasteiger partial charge in [0, 0.05) is 12.8 Å². The molecule has 0 aliphatic carbocycles. The Balaban J connectivity index is 6.79. The van der Waals surface area contributed by atoms with E-state index in [2.05, 4.69) is 47.9 Å². The van der Waals surface area contributed by atoms with Crippen molar-refractivity contribution in [2.75, 3.05) is 25.2 Å². The van der Waals surface area contributed by atoms with Gasteiger partial charge in [-0.15, -0.1) is 0 Å². The predicted molar refractivity (Wildman–Crippen MR) is 253 cm³/mol. The molecule has 33 heteroatoms. The SMILES string of the molecule is CSCC[C@H](NC(=O)[C@H](CCC[NH+]=C(N)N)NC(=O)[C@H](CO)NC(=O)[C@@H](NC(=O)[C@@H]([NH3+])CC(=O)O)[C@@H](C)O)C(=O)N[C@@H](CCC(=O)O)C(=O)N[C@@H](CCC(=O)O)C(=O)N[C@H](C(=O)N[C@@H](CC(=O)O)C(=O)O)C(C)C. The summed E-state index contributed by atoms with van der Waals surface area (Å²) in [6.07, 6.45) is -4.99. The molecular weight excluding hydrogens is 1010 g/mol. The average molecular weight is 1080 g/mol. The molecule has 0 heterocycles. The fraction of sp³-hybridized carbons (Fsp3) is 0.659. The first-order chi connectivity index (χ1) is 34.4. The monoisotopic (exact) mass is 1080 g/mol. The van der Waals surface area contributed by atoms with Gasteiger partial charge < -0.3 is 84.0 Å². The second-order valence-corrected chi connectivity index (χ2v) is 17.9. The van der Waals surface area contributed by atoms with E-state index in [-0.39, 0.29) is 37.5 Å². The van der Waals surface area contributed by atoms with Crippen molar-refractivity contribution in [2.45, 2.75) is 139 Å². The maximum atomic E-state index is 14.0. The van der Waals surface area contributed by atoms with Crippen LogP contribution in [-0.2, 0) is 62.3 Å². The summed E-state index contributed by atoms with van der Waals surface area (Å²) < 4.78 is 0. The zero-order chi connectivity index (χ0) is 57.0. The summed E-state index contributed by atoms with van der Waals surface area (Å²) in [6.45, 7) is 2.82. The first-order valence-corrected chi connectivity index (χ1v) is 24.1. The van der Waals surface area contributed by atoms with Crippen molar-refractivity contribution in [1.82, 2.24) is 42.5 Å². The van der Waals surface area contributed by atoms with E-state index in [4.69, 9.17) is 21.7 Å². The third-order valence-electron chi connectivity index (χ3n) is 10.3. The van der Waals surface area contributed by atoms with Crippen LogP contribution in [0.4, 0.5) is 0 Å². The van der Waals surface area contributed by atoms with Crippen LogP contribution in [0.25, 0.3) is 0 Å². The molecule has 0 bridgehead atoms. The Morgan fingerprint density at radius 3 is 1.30 bits per heavy atom. The molecule has 23 N–H and O–H groups in total. The number of aliphatic hydroxyl groups excluding tert-OH is 2. The lowest BCUT2D eigenvalue weighted by atomic mass is 10.0. The quantitative estimate of drug-likeness (QED) is 0.0156. The smallest absolute Gasteiger partial charge is 0.338 e. The third kappa shape index (κ3) is 26.3. The Labute approximate surface area is 426 Å². The van der Waals surface area contributed by atoms with Crippen LogP contribution in [0.3, 0.4) is 0 Å². The van der Waals surface area contributed by atoms with Gasteiger partial charge in [-0.25, -0.2) is 4.79 Å². The number of amides is 8. The molecule has 0 aliphatic rings. The minimum Gasteiger partial charge on any atom is -0.481 e. The van der Waals surface area contributed by atoms with Gasteiger partial charge in [0.15, 0.2) is 6.04 Å². The third-order valence-corrected chi connectivity index (χ3v) is 11.0. The van der Waals surface area contributed by atoms with Crippen molar-refractivity contribution >= 4 is 94.8 Å². The van der Waals surface area contributed by atoms with E-state index >= 15 is 0 Å². The van der Waals surface area contributed by atoms with Gasteiger partial charge in [0.05, 0.1) is 25.7 Å². The number of carbonyl (C=O) groups excluding carboxylic acids is 8. The van der Waals surface area contributed by atoms with Gasteiger partial charge in [-0.05, 0) is 57.0 Å². The summed E-state index contributed by atoms with van der Waals surface area (Å²) in [6, 6.07) is -15.3. The number of nitrogens with one attached hydrogen (secondary N) is 9. The molecule has 0 saturated carbocycles. The van der Waals surface area contributed by atoms with E-state index in [0.29, 0.717) is 0 Å². The molecule has 32 nitrogen and oxygen atoms in total. The van der Waals surface area contributed by atoms with Crippen LogP contribution in [0, 0.1) is 5.92 Å². The number of hydrogen-bond donors (Lipinski definition) is 19. The first-order valence-electron chi connectivity index (χ1n) is 22.7. The van der Waals surface area contributed by atoms with Crippen LogP contribution >= 0.6 is 11.8 Å². The Morgan fingerprint density at radius 2 is 0.905 bits per heavy atom. The van der Waals surface area contributed by atoms with Crippen LogP contribution in [0.15, 0.2) is 0 Å². The molecule has 0 aromatic carbocycles.